The molecule has 0 saturated carbocycles. The normalized spacial score (nSPS) is 10.2. The number of methoxy groups -OCH3 is 1. The van der Waals surface area contributed by atoms with Crippen LogP contribution in [0.25, 0.3) is 0 Å². The molecule has 0 N–H and O–H groups in total. The minimum Gasteiger partial charge on any atom is -0.496 e. The van der Waals surface area contributed by atoms with Crippen LogP contribution in [0, 0.1) is 0 Å². The van der Waals surface area contributed by atoms with Gasteiger partial charge in [0, 0.05) is 10.0 Å². The van der Waals surface area contributed by atoms with E-state index < -0.39 is 0 Å². The Hall–Kier alpha value is -1.07. The van der Waals surface area contributed by atoms with Crippen molar-refractivity contribution in [2.75, 3.05) is 7.11 Å². The standard InChI is InChI=1S/C13H11Br2NO2/c1-17-12-4-2-10(14)6-9(12)8-18-11-3-5-13(15)16-7-11/h2-7H,8H2,1H3. The topological polar surface area (TPSA) is 31.4 Å². The fraction of sp³-hybridized carbons (Fsp3) is 0.154. The summed E-state index contributed by atoms with van der Waals surface area (Å²) < 4.78 is 12.7. The molecule has 0 aliphatic heterocycles. The van der Waals surface area contributed by atoms with Crippen molar-refractivity contribution in [3.63, 3.8) is 0 Å². The second-order valence-corrected chi connectivity index (χ2v) is 5.29. The first-order valence-corrected chi connectivity index (χ1v) is 6.84. The van der Waals surface area contributed by atoms with E-state index in [0.29, 0.717) is 6.61 Å². The molecule has 2 aromatic rings. The number of pyridine rings is 1. The molecule has 5 heteroatoms. The summed E-state index contributed by atoms with van der Waals surface area (Å²) in [7, 11) is 1.65. The smallest absolute Gasteiger partial charge is 0.138 e. The maximum Gasteiger partial charge on any atom is 0.138 e. The van der Waals surface area contributed by atoms with Gasteiger partial charge in [0.25, 0.3) is 0 Å². The molecule has 1 aromatic heterocycles. The molecular formula is C13H11Br2NO2. The van der Waals surface area contributed by atoms with Crippen molar-refractivity contribution in [3.05, 3.63) is 51.2 Å². The Kier molecular flexibility index (Phi) is 4.60. The predicted octanol–water partition coefficient (Wildman–Crippen LogP) is 4.19. The van der Waals surface area contributed by atoms with Crippen LogP contribution >= 0.6 is 31.9 Å². The van der Waals surface area contributed by atoms with Crippen LogP contribution in [-0.4, -0.2) is 12.1 Å². The number of benzene rings is 1. The fourth-order valence-corrected chi connectivity index (χ4v) is 2.11. The molecule has 3 nitrogen and oxygen atoms in total. The molecule has 1 heterocycles. The second kappa shape index (κ2) is 6.20. The lowest BCUT2D eigenvalue weighted by atomic mass is 10.2. The third-order valence-corrected chi connectivity index (χ3v) is 3.30. The minimum absolute atomic E-state index is 0.436. The van der Waals surface area contributed by atoms with Gasteiger partial charge < -0.3 is 9.47 Å². The van der Waals surface area contributed by atoms with Crippen molar-refractivity contribution in [3.8, 4) is 11.5 Å². The molecule has 2 rings (SSSR count). The number of rotatable bonds is 4. The average Bonchev–Trinajstić information content (AvgIpc) is 2.38. The van der Waals surface area contributed by atoms with E-state index in [1.165, 1.54) is 0 Å². The number of hydrogen-bond acceptors (Lipinski definition) is 3. The summed E-state index contributed by atoms with van der Waals surface area (Å²) in [5, 5.41) is 0. The number of aromatic nitrogens is 1. The molecule has 0 radical (unpaired) electrons. The number of halogens is 2. The van der Waals surface area contributed by atoms with E-state index in [1.807, 2.05) is 30.3 Å². The maximum absolute atomic E-state index is 5.66. The predicted molar refractivity (Wildman–Crippen MR) is 77.0 cm³/mol. The number of hydrogen-bond donors (Lipinski definition) is 0. The lowest BCUT2D eigenvalue weighted by molar-refractivity contribution is 0.295. The third kappa shape index (κ3) is 3.46. The first kappa shape index (κ1) is 13.4. The summed E-state index contributed by atoms with van der Waals surface area (Å²) in [5.41, 5.74) is 0.981. The number of nitrogens with zero attached hydrogens (tertiary/aromatic N) is 1. The van der Waals surface area contributed by atoms with Crippen LogP contribution in [0.1, 0.15) is 5.56 Å². The molecule has 0 aliphatic rings. The van der Waals surface area contributed by atoms with Gasteiger partial charge >= 0.3 is 0 Å². The number of ether oxygens (including phenoxy) is 2. The van der Waals surface area contributed by atoms with Gasteiger partial charge in [-0.1, -0.05) is 15.9 Å². The quantitative estimate of drug-likeness (QED) is 0.754. The monoisotopic (exact) mass is 371 g/mol. The Morgan fingerprint density at radius 2 is 2.00 bits per heavy atom. The Morgan fingerprint density at radius 1 is 1.17 bits per heavy atom. The highest BCUT2D eigenvalue weighted by atomic mass is 79.9. The molecule has 0 aliphatic carbocycles. The van der Waals surface area contributed by atoms with Gasteiger partial charge in [-0.25, -0.2) is 4.98 Å². The molecule has 0 atom stereocenters. The Morgan fingerprint density at radius 3 is 2.67 bits per heavy atom. The van der Waals surface area contributed by atoms with Crippen LogP contribution in [0.15, 0.2) is 45.6 Å². The Labute approximate surface area is 122 Å². The van der Waals surface area contributed by atoms with E-state index in [9.17, 15) is 0 Å². The zero-order chi connectivity index (χ0) is 13.0. The van der Waals surface area contributed by atoms with Gasteiger partial charge in [-0.3, -0.25) is 0 Å². The van der Waals surface area contributed by atoms with Crippen molar-refractivity contribution in [2.24, 2.45) is 0 Å². The summed E-state index contributed by atoms with van der Waals surface area (Å²) in [6, 6.07) is 9.52. The molecule has 94 valence electrons. The summed E-state index contributed by atoms with van der Waals surface area (Å²) >= 11 is 6.71. The Balaban J connectivity index is 2.09. The summed E-state index contributed by atoms with van der Waals surface area (Å²) in [5.74, 6) is 1.53. The van der Waals surface area contributed by atoms with Crippen LogP contribution in [0.4, 0.5) is 0 Å². The molecule has 0 spiro atoms. The molecule has 0 saturated heterocycles. The van der Waals surface area contributed by atoms with Crippen molar-refractivity contribution >= 4 is 31.9 Å². The summed E-state index contributed by atoms with van der Waals surface area (Å²) in [6.45, 7) is 0.436. The maximum atomic E-state index is 5.66. The highest BCUT2D eigenvalue weighted by Crippen LogP contribution is 2.24. The van der Waals surface area contributed by atoms with Crippen LogP contribution in [-0.2, 0) is 6.61 Å². The van der Waals surface area contributed by atoms with E-state index >= 15 is 0 Å². The zero-order valence-electron chi connectivity index (χ0n) is 9.69. The molecule has 0 amide bonds. The first-order valence-electron chi connectivity index (χ1n) is 5.26. The molecule has 0 bridgehead atoms. The van der Waals surface area contributed by atoms with Crippen molar-refractivity contribution in [2.45, 2.75) is 6.61 Å². The van der Waals surface area contributed by atoms with E-state index in [2.05, 4.69) is 36.8 Å². The van der Waals surface area contributed by atoms with Crippen LogP contribution in [0.5, 0.6) is 11.5 Å². The highest BCUT2D eigenvalue weighted by Gasteiger charge is 2.05. The molecular weight excluding hydrogens is 362 g/mol. The molecule has 0 fully saturated rings. The van der Waals surface area contributed by atoms with Gasteiger partial charge in [0.1, 0.15) is 22.7 Å². The average molecular weight is 373 g/mol. The van der Waals surface area contributed by atoms with Crippen molar-refractivity contribution < 1.29 is 9.47 Å². The van der Waals surface area contributed by atoms with E-state index in [0.717, 1.165) is 26.1 Å². The summed E-state index contributed by atoms with van der Waals surface area (Å²) in [6.07, 6.45) is 1.68. The Bertz CT molecular complexity index is 529. The second-order valence-electron chi connectivity index (χ2n) is 3.56. The minimum atomic E-state index is 0.436. The lowest BCUT2D eigenvalue weighted by Gasteiger charge is -2.10. The van der Waals surface area contributed by atoms with Gasteiger partial charge in [0.2, 0.25) is 0 Å². The van der Waals surface area contributed by atoms with Crippen molar-refractivity contribution in [1.82, 2.24) is 4.98 Å². The summed E-state index contributed by atoms with van der Waals surface area (Å²) in [4.78, 5) is 4.10. The van der Waals surface area contributed by atoms with Gasteiger partial charge in [-0.2, -0.15) is 0 Å². The van der Waals surface area contributed by atoms with Gasteiger partial charge in [0.05, 0.1) is 13.3 Å². The van der Waals surface area contributed by atoms with Gasteiger partial charge in [-0.15, -0.1) is 0 Å². The van der Waals surface area contributed by atoms with Gasteiger partial charge in [-0.05, 0) is 46.3 Å². The molecule has 18 heavy (non-hydrogen) atoms. The van der Waals surface area contributed by atoms with Crippen LogP contribution in [0.3, 0.4) is 0 Å². The fourth-order valence-electron chi connectivity index (χ4n) is 1.47. The van der Waals surface area contributed by atoms with Crippen LogP contribution in [0.2, 0.25) is 0 Å². The third-order valence-electron chi connectivity index (χ3n) is 2.34. The SMILES string of the molecule is COc1ccc(Br)cc1COc1ccc(Br)nc1. The highest BCUT2D eigenvalue weighted by molar-refractivity contribution is 9.10. The van der Waals surface area contributed by atoms with E-state index in [4.69, 9.17) is 9.47 Å². The van der Waals surface area contributed by atoms with E-state index in [-0.39, 0.29) is 0 Å². The molecule has 1 aromatic carbocycles. The first-order chi connectivity index (χ1) is 8.69. The van der Waals surface area contributed by atoms with E-state index in [1.54, 1.807) is 13.3 Å². The van der Waals surface area contributed by atoms with Crippen LogP contribution < -0.4 is 9.47 Å². The van der Waals surface area contributed by atoms with Gasteiger partial charge in [0.15, 0.2) is 0 Å². The lowest BCUT2D eigenvalue weighted by Crippen LogP contribution is -1.99. The largest absolute Gasteiger partial charge is 0.496 e. The molecule has 0 unspecified atom stereocenters. The van der Waals surface area contributed by atoms with Crippen molar-refractivity contribution in [1.29, 1.82) is 0 Å². The zero-order valence-corrected chi connectivity index (χ0v) is 12.9.